The fourth-order valence-corrected chi connectivity index (χ4v) is 1.95. The first-order chi connectivity index (χ1) is 9.31. The van der Waals surface area contributed by atoms with Crippen LogP contribution in [0.3, 0.4) is 0 Å². The van der Waals surface area contributed by atoms with E-state index >= 15 is 0 Å². The molecular formula is C14H18N4O. The smallest absolute Gasteiger partial charge is 0.244 e. The van der Waals surface area contributed by atoms with Gasteiger partial charge in [-0.15, -0.1) is 0 Å². The van der Waals surface area contributed by atoms with E-state index in [0.29, 0.717) is 6.54 Å². The van der Waals surface area contributed by atoms with Gasteiger partial charge < -0.3 is 5.32 Å². The number of aromatic nitrogens is 3. The summed E-state index contributed by atoms with van der Waals surface area (Å²) in [6.45, 7) is 2.59. The van der Waals surface area contributed by atoms with Crippen LogP contribution in [0.25, 0.3) is 0 Å². The van der Waals surface area contributed by atoms with E-state index in [1.54, 1.807) is 17.1 Å². The first-order valence-corrected chi connectivity index (χ1v) is 6.47. The van der Waals surface area contributed by atoms with Crippen molar-refractivity contribution in [3.8, 4) is 0 Å². The van der Waals surface area contributed by atoms with Crippen LogP contribution in [-0.4, -0.2) is 27.2 Å². The molecule has 0 aromatic carbocycles. The van der Waals surface area contributed by atoms with Crippen LogP contribution in [-0.2, 0) is 11.2 Å². The summed E-state index contributed by atoms with van der Waals surface area (Å²) in [4.78, 5) is 16.1. The van der Waals surface area contributed by atoms with Gasteiger partial charge >= 0.3 is 0 Å². The van der Waals surface area contributed by atoms with Crippen LogP contribution in [0.5, 0.6) is 0 Å². The minimum absolute atomic E-state index is 0.00934. The molecule has 2 rings (SSSR count). The Morgan fingerprint density at radius 1 is 1.42 bits per heavy atom. The number of hydrogen-bond acceptors (Lipinski definition) is 3. The zero-order chi connectivity index (χ0) is 13.5. The predicted molar refractivity (Wildman–Crippen MR) is 72.5 cm³/mol. The van der Waals surface area contributed by atoms with Crippen LogP contribution in [0.2, 0.25) is 0 Å². The predicted octanol–water partition coefficient (Wildman–Crippen LogP) is 1.59. The van der Waals surface area contributed by atoms with Crippen molar-refractivity contribution < 1.29 is 4.79 Å². The topological polar surface area (TPSA) is 59.8 Å². The van der Waals surface area contributed by atoms with E-state index < -0.39 is 0 Å². The van der Waals surface area contributed by atoms with Crippen molar-refractivity contribution in [2.45, 2.75) is 25.8 Å². The third-order valence-electron chi connectivity index (χ3n) is 2.97. The van der Waals surface area contributed by atoms with Crippen molar-refractivity contribution in [3.63, 3.8) is 0 Å². The Morgan fingerprint density at radius 2 is 2.32 bits per heavy atom. The van der Waals surface area contributed by atoms with Gasteiger partial charge in [0.25, 0.3) is 0 Å². The molecule has 0 bridgehead atoms. The molecule has 0 aliphatic carbocycles. The second-order valence-electron chi connectivity index (χ2n) is 4.31. The minimum Gasteiger partial charge on any atom is -0.354 e. The van der Waals surface area contributed by atoms with Gasteiger partial charge in [-0.25, -0.2) is 0 Å². The molecule has 2 aromatic heterocycles. The zero-order valence-electron chi connectivity index (χ0n) is 11.0. The lowest BCUT2D eigenvalue weighted by molar-refractivity contribution is -0.124. The molecule has 0 radical (unpaired) electrons. The lowest BCUT2D eigenvalue weighted by atomic mass is 10.2. The summed E-state index contributed by atoms with van der Waals surface area (Å²) in [7, 11) is 0. The maximum absolute atomic E-state index is 12.1. The highest BCUT2D eigenvalue weighted by atomic mass is 16.2. The molecule has 0 saturated heterocycles. The highest BCUT2D eigenvalue weighted by Crippen LogP contribution is 2.09. The summed E-state index contributed by atoms with van der Waals surface area (Å²) in [5, 5.41) is 7.06. The summed E-state index contributed by atoms with van der Waals surface area (Å²) < 4.78 is 1.69. The van der Waals surface area contributed by atoms with Crippen molar-refractivity contribution in [2.75, 3.05) is 6.54 Å². The number of carbonyl (C=O) groups excluding carboxylic acids is 1. The lowest BCUT2D eigenvalue weighted by Gasteiger charge is -2.15. The van der Waals surface area contributed by atoms with Crippen LogP contribution < -0.4 is 5.32 Å². The molecule has 0 unspecified atom stereocenters. The van der Waals surface area contributed by atoms with Gasteiger partial charge in [-0.05, 0) is 30.5 Å². The largest absolute Gasteiger partial charge is 0.354 e. The molecule has 5 heteroatoms. The fraction of sp³-hybridized carbons (Fsp3) is 0.357. The number of hydrogen-bond donors (Lipinski definition) is 1. The number of amides is 1. The maximum atomic E-state index is 12.1. The highest BCUT2D eigenvalue weighted by molar-refractivity contribution is 5.80. The fourth-order valence-electron chi connectivity index (χ4n) is 1.95. The van der Waals surface area contributed by atoms with E-state index in [0.717, 1.165) is 18.4 Å². The van der Waals surface area contributed by atoms with Crippen LogP contribution in [0.4, 0.5) is 0 Å². The van der Waals surface area contributed by atoms with Crippen molar-refractivity contribution in [1.29, 1.82) is 0 Å². The Kier molecular flexibility index (Phi) is 4.66. The molecule has 19 heavy (non-hydrogen) atoms. The number of nitrogens with one attached hydrogen (secondary N) is 1. The molecule has 0 aliphatic heterocycles. The van der Waals surface area contributed by atoms with E-state index in [-0.39, 0.29) is 11.9 Å². The van der Waals surface area contributed by atoms with Gasteiger partial charge in [0, 0.05) is 31.3 Å². The second-order valence-corrected chi connectivity index (χ2v) is 4.31. The van der Waals surface area contributed by atoms with Crippen molar-refractivity contribution in [1.82, 2.24) is 20.1 Å². The molecule has 0 aliphatic rings. The monoisotopic (exact) mass is 258 g/mol. The van der Waals surface area contributed by atoms with Gasteiger partial charge in [0.15, 0.2) is 0 Å². The molecule has 0 saturated carbocycles. The van der Waals surface area contributed by atoms with Crippen molar-refractivity contribution in [2.24, 2.45) is 0 Å². The van der Waals surface area contributed by atoms with Crippen molar-refractivity contribution in [3.05, 3.63) is 48.5 Å². The summed E-state index contributed by atoms with van der Waals surface area (Å²) in [5.41, 5.74) is 1.12. The van der Waals surface area contributed by atoms with E-state index in [2.05, 4.69) is 15.4 Å². The second kappa shape index (κ2) is 6.68. The molecule has 5 nitrogen and oxygen atoms in total. The average Bonchev–Trinajstić information content (AvgIpc) is 2.95. The molecule has 2 aromatic rings. The Hall–Kier alpha value is -2.17. The van der Waals surface area contributed by atoms with Gasteiger partial charge in [-0.3, -0.25) is 14.5 Å². The molecule has 0 fully saturated rings. The first-order valence-electron chi connectivity index (χ1n) is 6.47. The van der Waals surface area contributed by atoms with Gasteiger partial charge in [-0.1, -0.05) is 13.0 Å². The van der Waals surface area contributed by atoms with Crippen LogP contribution in [0.15, 0.2) is 43.0 Å². The van der Waals surface area contributed by atoms with Gasteiger partial charge in [0.1, 0.15) is 6.04 Å². The standard InChI is InChI=1S/C14H18N4O/c1-2-13(18-10-4-8-17-18)14(19)16-9-6-12-5-3-7-15-11-12/h3-5,7-8,10-11,13H,2,6,9H2,1H3,(H,16,19)/t13-/m1/s1. The van der Waals surface area contributed by atoms with Crippen LogP contribution >= 0.6 is 0 Å². The highest BCUT2D eigenvalue weighted by Gasteiger charge is 2.17. The third kappa shape index (κ3) is 3.64. The normalized spacial score (nSPS) is 12.1. The maximum Gasteiger partial charge on any atom is 0.244 e. The van der Waals surface area contributed by atoms with Gasteiger partial charge in [0.2, 0.25) is 5.91 Å². The Morgan fingerprint density at radius 3 is 2.95 bits per heavy atom. The first kappa shape index (κ1) is 13.3. The number of nitrogens with zero attached hydrogens (tertiary/aromatic N) is 3. The molecule has 1 N–H and O–H groups in total. The summed E-state index contributed by atoms with van der Waals surface area (Å²) in [6.07, 6.45) is 8.57. The van der Waals surface area contributed by atoms with E-state index in [4.69, 9.17) is 0 Å². The third-order valence-corrected chi connectivity index (χ3v) is 2.97. The van der Waals surface area contributed by atoms with E-state index in [9.17, 15) is 4.79 Å². The van der Waals surface area contributed by atoms with Crippen LogP contribution in [0, 0.1) is 0 Å². The summed E-state index contributed by atoms with van der Waals surface area (Å²) >= 11 is 0. The summed E-state index contributed by atoms with van der Waals surface area (Å²) in [5.74, 6) is 0.00934. The number of carbonyl (C=O) groups is 1. The van der Waals surface area contributed by atoms with Crippen LogP contribution in [0.1, 0.15) is 24.9 Å². The Balaban J connectivity index is 1.84. The van der Waals surface area contributed by atoms with Gasteiger partial charge in [-0.2, -0.15) is 5.10 Å². The lowest BCUT2D eigenvalue weighted by Crippen LogP contribution is -2.33. The Bertz CT molecular complexity index is 495. The average molecular weight is 258 g/mol. The van der Waals surface area contributed by atoms with Crippen molar-refractivity contribution >= 4 is 5.91 Å². The quantitative estimate of drug-likeness (QED) is 0.856. The van der Waals surface area contributed by atoms with E-state index in [1.165, 1.54) is 0 Å². The molecule has 100 valence electrons. The minimum atomic E-state index is -0.233. The molecule has 1 atom stereocenters. The number of pyridine rings is 1. The molecule has 0 spiro atoms. The SMILES string of the molecule is CC[C@H](C(=O)NCCc1cccnc1)n1cccn1. The van der Waals surface area contributed by atoms with Gasteiger partial charge in [0.05, 0.1) is 0 Å². The molecular weight excluding hydrogens is 240 g/mol. The van der Waals surface area contributed by atoms with E-state index in [1.807, 2.05) is 37.5 Å². The Labute approximate surface area is 112 Å². The summed E-state index contributed by atoms with van der Waals surface area (Å²) in [6, 6.07) is 5.49. The molecule has 2 heterocycles. The number of rotatable bonds is 6. The zero-order valence-corrected chi connectivity index (χ0v) is 11.0. The molecule has 1 amide bonds.